The molecule has 2 rings (SSSR count). The van der Waals surface area contributed by atoms with Crippen molar-refractivity contribution in [1.82, 2.24) is 0 Å². The fraction of sp³-hybridized carbons (Fsp3) is 0.333. The fourth-order valence-electron chi connectivity index (χ4n) is 2.81. The molecule has 0 saturated heterocycles. The Labute approximate surface area is 145 Å². The largest absolute Gasteiger partial charge is 0.494 e. The van der Waals surface area contributed by atoms with Crippen LogP contribution >= 0.6 is 11.6 Å². The van der Waals surface area contributed by atoms with Crippen molar-refractivity contribution in [3.63, 3.8) is 0 Å². The van der Waals surface area contributed by atoms with Crippen LogP contribution < -0.4 is 10.5 Å². The van der Waals surface area contributed by atoms with Gasteiger partial charge < -0.3 is 20.4 Å². The van der Waals surface area contributed by atoms with Crippen molar-refractivity contribution in [2.24, 2.45) is 11.7 Å². The summed E-state index contributed by atoms with van der Waals surface area (Å²) in [5, 5.41) is 9.54. The molecule has 128 valence electrons. The van der Waals surface area contributed by atoms with Crippen molar-refractivity contribution < 1.29 is 19.4 Å². The van der Waals surface area contributed by atoms with E-state index in [0.717, 1.165) is 12.7 Å². The summed E-state index contributed by atoms with van der Waals surface area (Å²) in [5.41, 5.74) is 6.44. The van der Waals surface area contributed by atoms with Crippen LogP contribution in [0, 0.1) is 5.92 Å². The predicted octanol–water partition coefficient (Wildman–Crippen LogP) is 2.63. The van der Waals surface area contributed by atoms with Gasteiger partial charge in [0.2, 0.25) is 0 Å². The van der Waals surface area contributed by atoms with Crippen molar-refractivity contribution in [2.45, 2.75) is 18.4 Å². The lowest BCUT2D eigenvalue weighted by molar-refractivity contribution is -0.142. The Bertz CT molecular complexity index is 653. The van der Waals surface area contributed by atoms with E-state index in [1.54, 1.807) is 42.5 Å². The summed E-state index contributed by atoms with van der Waals surface area (Å²) >= 11 is 5.61. The molecule has 1 aliphatic rings. The van der Waals surface area contributed by atoms with E-state index >= 15 is 0 Å². The number of carbonyl (C=O) groups is 2. The zero-order valence-electron chi connectivity index (χ0n) is 13.2. The van der Waals surface area contributed by atoms with Crippen LogP contribution in [-0.4, -0.2) is 29.8 Å². The Hall–Kier alpha value is -2.11. The average Bonchev–Trinajstić information content (AvgIpc) is 2.57. The van der Waals surface area contributed by atoms with Gasteiger partial charge in [0.25, 0.3) is 0 Å². The zero-order valence-corrected chi connectivity index (χ0v) is 13.9. The molecule has 0 bridgehead atoms. The molecule has 0 heterocycles. The smallest absolute Gasteiger partial charge is 0.312 e. The van der Waals surface area contributed by atoms with Crippen molar-refractivity contribution in [1.29, 1.82) is 0 Å². The van der Waals surface area contributed by atoms with E-state index in [-0.39, 0.29) is 6.42 Å². The lowest BCUT2D eigenvalue weighted by Crippen LogP contribution is -2.49. The van der Waals surface area contributed by atoms with Crippen LogP contribution in [-0.2, 0) is 15.1 Å². The van der Waals surface area contributed by atoms with Gasteiger partial charge in [-0.2, -0.15) is 0 Å². The summed E-state index contributed by atoms with van der Waals surface area (Å²) in [7, 11) is 0. The topological polar surface area (TPSA) is 89.6 Å². The lowest BCUT2D eigenvalue weighted by atomic mass is 9.70. The summed E-state index contributed by atoms with van der Waals surface area (Å²) in [6.45, 7) is 0.507. The van der Waals surface area contributed by atoms with Gasteiger partial charge in [-0.3, -0.25) is 4.79 Å². The second kappa shape index (κ2) is 8.13. The number of ether oxygens (including phenoxy) is 1. The minimum atomic E-state index is -1.27. The van der Waals surface area contributed by atoms with Crippen LogP contribution in [0.15, 0.2) is 48.1 Å². The van der Waals surface area contributed by atoms with E-state index < -0.39 is 17.4 Å². The highest BCUT2D eigenvalue weighted by Crippen LogP contribution is 2.39. The molecule has 6 heteroatoms. The highest BCUT2D eigenvalue weighted by Gasteiger charge is 2.43. The molecule has 1 aliphatic carbocycles. The van der Waals surface area contributed by atoms with Gasteiger partial charge >= 0.3 is 5.97 Å². The van der Waals surface area contributed by atoms with Crippen molar-refractivity contribution in [2.75, 3.05) is 12.5 Å². The first-order chi connectivity index (χ1) is 11.5. The fourth-order valence-corrected chi connectivity index (χ4v) is 2.92. The molecule has 24 heavy (non-hydrogen) atoms. The number of alkyl halides is 1. The molecule has 2 unspecified atom stereocenters. The maximum Gasteiger partial charge on any atom is 0.312 e. The molecular formula is C18H20ClNO4. The molecule has 0 amide bonds. The molecule has 0 aromatic heterocycles. The van der Waals surface area contributed by atoms with Gasteiger partial charge in [0.15, 0.2) is 0 Å². The number of halogens is 1. The zero-order chi connectivity index (χ0) is 17.6. The Balaban J connectivity index is 2.33. The molecule has 5 nitrogen and oxygen atoms in total. The van der Waals surface area contributed by atoms with Crippen LogP contribution in [0.25, 0.3) is 0 Å². The first-order valence-corrected chi connectivity index (χ1v) is 8.20. The summed E-state index contributed by atoms with van der Waals surface area (Å²) in [6, 6.07) is 6.97. The van der Waals surface area contributed by atoms with Gasteiger partial charge in [0, 0.05) is 12.3 Å². The standard InChI is InChI=1S/C18H20ClNO4/c19-10-2-12-24-15-7-5-14(6-8-15)18(20)13(9-11-21)3-1-4-16(18)17(22)23/h1,3-8,11,16H,2,9-10,12,20H2,(H,22,23). The van der Waals surface area contributed by atoms with E-state index in [0.29, 0.717) is 29.4 Å². The highest BCUT2D eigenvalue weighted by atomic mass is 35.5. The van der Waals surface area contributed by atoms with Gasteiger partial charge in [0.05, 0.1) is 12.1 Å². The molecule has 3 N–H and O–H groups in total. The first kappa shape index (κ1) is 18.2. The monoisotopic (exact) mass is 349 g/mol. The number of hydrogen-bond donors (Lipinski definition) is 2. The van der Waals surface area contributed by atoms with Crippen molar-refractivity contribution in [3.05, 3.63) is 53.6 Å². The normalized spacial score (nSPS) is 22.8. The maximum atomic E-state index is 11.7. The summed E-state index contributed by atoms with van der Waals surface area (Å²) in [5.74, 6) is -0.795. The van der Waals surface area contributed by atoms with Crippen molar-refractivity contribution in [3.8, 4) is 5.75 Å². The summed E-state index contributed by atoms with van der Waals surface area (Å²) in [4.78, 5) is 22.6. The third-order valence-electron chi connectivity index (χ3n) is 4.07. The minimum absolute atomic E-state index is 0.0819. The molecule has 0 aliphatic heterocycles. The number of carbonyl (C=O) groups excluding carboxylic acids is 1. The van der Waals surface area contributed by atoms with Gasteiger partial charge in [-0.05, 0) is 29.7 Å². The van der Waals surface area contributed by atoms with Gasteiger partial charge in [-0.1, -0.05) is 30.4 Å². The number of rotatable bonds is 8. The Kier molecular flexibility index (Phi) is 6.17. The number of carboxylic acids is 1. The Morgan fingerprint density at radius 1 is 1.38 bits per heavy atom. The molecule has 2 atom stereocenters. The van der Waals surface area contributed by atoms with Crippen LogP contribution in [0.4, 0.5) is 0 Å². The van der Waals surface area contributed by atoms with E-state index in [1.807, 2.05) is 0 Å². The highest BCUT2D eigenvalue weighted by molar-refractivity contribution is 6.17. The number of carboxylic acid groups (broad SMARTS) is 1. The number of aliphatic carboxylic acids is 1. The summed E-state index contributed by atoms with van der Waals surface area (Å²) < 4.78 is 5.54. The molecule has 0 saturated carbocycles. The number of benzene rings is 1. The number of allylic oxidation sites excluding steroid dienone is 2. The van der Waals surface area contributed by atoms with Crippen LogP contribution in [0.3, 0.4) is 0 Å². The molecule has 0 spiro atoms. The number of nitrogens with two attached hydrogens (primary N) is 1. The Morgan fingerprint density at radius 2 is 2.08 bits per heavy atom. The van der Waals surface area contributed by atoms with Crippen molar-refractivity contribution >= 4 is 23.9 Å². The van der Waals surface area contributed by atoms with Crippen LogP contribution in [0.2, 0.25) is 0 Å². The second-order valence-corrected chi connectivity index (χ2v) is 5.93. The second-order valence-electron chi connectivity index (χ2n) is 5.55. The number of aldehydes is 1. The molecule has 0 radical (unpaired) electrons. The quantitative estimate of drug-likeness (QED) is 0.428. The minimum Gasteiger partial charge on any atom is -0.494 e. The average molecular weight is 350 g/mol. The van der Waals surface area contributed by atoms with Gasteiger partial charge in [-0.25, -0.2) is 0 Å². The first-order valence-electron chi connectivity index (χ1n) is 7.66. The van der Waals surface area contributed by atoms with Crippen LogP contribution in [0.5, 0.6) is 5.75 Å². The van der Waals surface area contributed by atoms with E-state index in [9.17, 15) is 14.7 Å². The maximum absolute atomic E-state index is 11.7. The van der Waals surface area contributed by atoms with E-state index in [2.05, 4.69) is 0 Å². The predicted molar refractivity (Wildman–Crippen MR) is 92.2 cm³/mol. The Morgan fingerprint density at radius 3 is 2.67 bits per heavy atom. The van der Waals surface area contributed by atoms with Crippen LogP contribution in [0.1, 0.15) is 18.4 Å². The lowest BCUT2D eigenvalue weighted by Gasteiger charge is -2.38. The third-order valence-corrected chi connectivity index (χ3v) is 4.34. The van der Waals surface area contributed by atoms with Gasteiger partial charge in [0.1, 0.15) is 18.0 Å². The molecule has 1 aromatic rings. The molecule has 0 fully saturated rings. The third kappa shape index (κ3) is 3.68. The van der Waals surface area contributed by atoms with E-state index in [1.165, 1.54) is 0 Å². The van der Waals surface area contributed by atoms with E-state index in [4.69, 9.17) is 22.1 Å². The summed E-state index contributed by atoms with van der Waals surface area (Å²) in [6.07, 6.45) is 6.43. The molecule has 1 aromatic carbocycles. The molecular weight excluding hydrogens is 330 g/mol. The van der Waals surface area contributed by atoms with Gasteiger partial charge in [-0.15, -0.1) is 11.6 Å². The SMILES string of the molecule is NC1(c2ccc(OCCCCl)cc2)C(CC=O)=CC=CC1C(=O)O. The number of hydrogen-bond acceptors (Lipinski definition) is 4.